The van der Waals surface area contributed by atoms with Gasteiger partial charge < -0.3 is 5.11 Å². The smallest absolute Gasteiger partial charge is 0.325 e. The molecule has 200 valence electrons. The average Bonchev–Trinajstić information content (AvgIpc) is 3.64. The lowest BCUT2D eigenvalue weighted by Gasteiger charge is -2.18. The number of para-hydroxylation sites is 1. The van der Waals surface area contributed by atoms with Gasteiger partial charge in [-0.3, -0.25) is 9.52 Å². The molecule has 11 heteroatoms. The average molecular weight is 583 g/mol. The van der Waals surface area contributed by atoms with Gasteiger partial charge in [0.05, 0.1) is 15.5 Å². The summed E-state index contributed by atoms with van der Waals surface area (Å²) in [5.41, 5.74) is 0.334. The third-order valence-corrected chi connectivity index (χ3v) is 9.79. The molecular weight excluding hydrogens is 560 g/mol. The number of benzene rings is 4. The summed E-state index contributed by atoms with van der Waals surface area (Å²) in [6.07, 6.45) is -0.0471. The van der Waals surface area contributed by atoms with E-state index in [1.165, 1.54) is 30.3 Å². The standard InChI is InChI=1S/C28H23ClN2O6S2/c29-21-14-10-19(11-15-21)20-12-16-23(17-13-20)39(36,37)31-28(27(32)33)18-25(28)24-8-4-5-9-26(24)30-38(34,35)22-6-2-1-3-7-22/h1-17,25,30-31H,18H2,(H,32,33)/t25-,28?/m0/s1. The van der Waals surface area contributed by atoms with E-state index in [9.17, 15) is 26.7 Å². The van der Waals surface area contributed by atoms with E-state index in [2.05, 4.69) is 9.44 Å². The van der Waals surface area contributed by atoms with Crippen molar-refractivity contribution in [2.45, 2.75) is 27.7 Å². The normalized spacial score (nSPS) is 18.8. The Kier molecular flexibility index (Phi) is 6.98. The van der Waals surface area contributed by atoms with E-state index in [0.29, 0.717) is 10.6 Å². The second-order valence-electron chi connectivity index (χ2n) is 9.18. The van der Waals surface area contributed by atoms with Crippen LogP contribution in [0.2, 0.25) is 5.02 Å². The molecule has 0 heterocycles. The fourth-order valence-electron chi connectivity index (χ4n) is 4.50. The lowest BCUT2D eigenvalue weighted by molar-refractivity contribution is -0.140. The highest BCUT2D eigenvalue weighted by Gasteiger charge is 2.64. The largest absolute Gasteiger partial charge is 0.480 e. The number of sulfonamides is 2. The number of anilines is 1. The molecule has 1 saturated carbocycles. The third-order valence-electron chi connectivity index (χ3n) is 6.64. The first kappa shape index (κ1) is 26.9. The lowest BCUT2D eigenvalue weighted by Crippen LogP contribution is -2.44. The Bertz CT molecular complexity index is 1740. The quantitative estimate of drug-likeness (QED) is 0.252. The van der Waals surface area contributed by atoms with Crippen molar-refractivity contribution in [1.29, 1.82) is 0 Å². The Morgan fingerprint density at radius 1 is 0.744 bits per heavy atom. The predicted molar refractivity (Wildman–Crippen MR) is 149 cm³/mol. The van der Waals surface area contributed by atoms with Crippen molar-refractivity contribution in [3.8, 4) is 11.1 Å². The van der Waals surface area contributed by atoms with Gasteiger partial charge in [-0.2, -0.15) is 4.72 Å². The van der Waals surface area contributed by atoms with Crippen molar-refractivity contribution >= 4 is 43.3 Å². The van der Waals surface area contributed by atoms with E-state index in [4.69, 9.17) is 11.6 Å². The molecule has 0 radical (unpaired) electrons. The van der Waals surface area contributed by atoms with E-state index in [1.807, 2.05) is 12.1 Å². The first-order chi connectivity index (χ1) is 18.5. The lowest BCUT2D eigenvalue weighted by atomic mass is 10.0. The minimum Gasteiger partial charge on any atom is -0.480 e. The molecule has 1 unspecified atom stereocenters. The van der Waals surface area contributed by atoms with Gasteiger partial charge in [0.2, 0.25) is 10.0 Å². The number of carboxylic acids is 1. The molecular formula is C28H23ClN2O6S2. The first-order valence-electron chi connectivity index (χ1n) is 11.8. The van der Waals surface area contributed by atoms with Gasteiger partial charge in [-0.15, -0.1) is 0 Å². The van der Waals surface area contributed by atoms with Crippen LogP contribution in [0.1, 0.15) is 17.9 Å². The molecule has 0 aliphatic heterocycles. The van der Waals surface area contributed by atoms with Gasteiger partial charge in [0.15, 0.2) is 0 Å². The molecule has 8 nitrogen and oxygen atoms in total. The summed E-state index contributed by atoms with van der Waals surface area (Å²) in [4.78, 5) is 12.3. The maximum absolute atomic E-state index is 13.3. The van der Waals surface area contributed by atoms with E-state index in [1.54, 1.807) is 60.7 Å². The third kappa shape index (κ3) is 5.41. The van der Waals surface area contributed by atoms with Crippen LogP contribution in [0.15, 0.2) is 113 Å². The summed E-state index contributed by atoms with van der Waals surface area (Å²) < 4.78 is 57.2. The summed E-state index contributed by atoms with van der Waals surface area (Å²) >= 11 is 5.93. The molecule has 0 spiro atoms. The van der Waals surface area contributed by atoms with Crippen LogP contribution in [0, 0.1) is 0 Å². The summed E-state index contributed by atoms with van der Waals surface area (Å²) in [7, 11) is -8.18. The number of carboxylic acid groups (broad SMARTS) is 1. The minimum absolute atomic E-state index is 0.0443. The van der Waals surface area contributed by atoms with E-state index >= 15 is 0 Å². The topological polar surface area (TPSA) is 130 Å². The number of hydrogen-bond donors (Lipinski definition) is 3. The zero-order chi connectivity index (χ0) is 27.8. The molecule has 4 aromatic carbocycles. The van der Waals surface area contributed by atoms with Crippen LogP contribution in [0.4, 0.5) is 5.69 Å². The van der Waals surface area contributed by atoms with Gasteiger partial charge in [-0.1, -0.05) is 72.3 Å². The van der Waals surface area contributed by atoms with Crippen molar-refractivity contribution in [3.63, 3.8) is 0 Å². The molecule has 0 saturated heterocycles. The van der Waals surface area contributed by atoms with Crippen molar-refractivity contribution < 1.29 is 26.7 Å². The maximum Gasteiger partial charge on any atom is 0.325 e. The molecule has 4 aromatic rings. The molecule has 3 N–H and O–H groups in total. The number of nitrogens with one attached hydrogen (secondary N) is 2. The molecule has 5 rings (SSSR count). The van der Waals surface area contributed by atoms with E-state index in [-0.39, 0.29) is 21.9 Å². The molecule has 1 aliphatic rings. The van der Waals surface area contributed by atoms with Gasteiger partial charge in [0, 0.05) is 10.9 Å². The molecule has 0 bridgehead atoms. The SMILES string of the molecule is O=C(O)C1(NS(=O)(=O)c2ccc(-c3ccc(Cl)cc3)cc2)C[C@H]1c1ccccc1NS(=O)(=O)c1ccccc1. The van der Waals surface area contributed by atoms with Gasteiger partial charge in [0.1, 0.15) is 5.54 Å². The molecule has 39 heavy (non-hydrogen) atoms. The Morgan fingerprint density at radius 3 is 1.90 bits per heavy atom. The van der Waals surface area contributed by atoms with Crippen LogP contribution in [0.3, 0.4) is 0 Å². The van der Waals surface area contributed by atoms with Crippen LogP contribution in [-0.2, 0) is 24.8 Å². The minimum atomic E-state index is -4.23. The predicted octanol–water partition coefficient (Wildman–Crippen LogP) is 5.10. The zero-order valence-corrected chi connectivity index (χ0v) is 22.7. The molecule has 2 atom stereocenters. The van der Waals surface area contributed by atoms with Gasteiger partial charge >= 0.3 is 5.97 Å². The van der Waals surface area contributed by atoms with Crippen LogP contribution >= 0.6 is 11.6 Å². The fraction of sp³-hybridized carbons (Fsp3) is 0.107. The summed E-state index contributed by atoms with van der Waals surface area (Å²) in [5, 5.41) is 10.7. The van der Waals surface area contributed by atoms with Crippen molar-refractivity contribution in [2.75, 3.05) is 4.72 Å². The van der Waals surface area contributed by atoms with Crippen LogP contribution in [0.25, 0.3) is 11.1 Å². The van der Waals surface area contributed by atoms with E-state index < -0.39 is 37.5 Å². The first-order valence-corrected chi connectivity index (χ1v) is 15.2. The molecule has 1 aliphatic carbocycles. The Labute approximate surface area is 231 Å². The Morgan fingerprint density at radius 2 is 1.28 bits per heavy atom. The molecule has 0 aromatic heterocycles. The number of rotatable bonds is 9. The summed E-state index contributed by atoms with van der Waals surface area (Å²) in [6.45, 7) is 0. The van der Waals surface area contributed by atoms with Gasteiger partial charge in [-0.25, -0.2) is 16.8 Å². The number of halogens is 1. The van der Waals surface area contributed by atoms with Crippen LogP contribution in [0.5, 0.6) is 0 Å². The Hall–Kier alpha value is -3.70. The van der Waals surface area contributed by atoms with Gasteiger partial charge in [-0.05, 0) is 65.6 Å². The highest BCUT2D eigenvalue weighted by Crippen LogP contribution is 2.54. The second-order valence-corrected chi connectivity index (χ2v) is 13.0. The zero-order valence-electron chi connectivity index (χ0n) is 20.3. The van der Waals surface area contributed by atoms with Crippen molar-refractivity contribution in [1.82, 2.24) is 4.72 Å². The maximum atomic E-state index is 13.3. The van der Waals surface area contributed by atoms with Crippen LogP contribution in [-0.4, -0.2) is 33.5 Å². The number of hydrogen-bond acceptors (Lipinski definition) is 5. The van der Waals surface area contributed by atoms with Crippen molar-refractivity contribution in [2.24, 2.45) is 0 Å². The molecule has 1 fully saturated rings. The summed E-state index contributed by atoms with van der Waals surface area (Å²) in [5.74, 6) is -2.15. The van der Waals surface area contributed by atoms with E-state index in [0.717, 1.165) is 11.1 Å². The van der Waals surface area contributed by atoms with Crippen molar-refractivity contribution in [3.05, 3.63) is 114 Å². The number of carbonyl (C=O) groups is 1. The number of aliphatic carboxylic acids is 1. The fourth-order valence-corrected chi connectivity index (χ4v) is 7.14. The summed E-state index contributed by atoms with van der Waals surface area (Å²) in [6, 6.07) is 27.3. The van der Waals surface area contributed by atoms with Crippen LogP contribution < -0.4 is 9.44 Å². The Balaban J connectivity index is 1.40. The van der Waals surface area contributed by atoms with Gasteiger partial charge in [0.25, 0.3) is 10.0 Å². The highest BCUT2D eigenvalue weighted by molar-refractivity contribution is 7.92. The highest BCUT2D eigenvalue weighted by atomic mass is 35.5. The monoisotopic (exact) mass is 582 g/mol. The second kappa shape index (κ2) is 10.1. The molecule has 0 amide bonds.